The molecule has 41 heavy (non-hydrogen) atoms. The minimum Gasteiger partial charge on any atom is -0.465 e. The molecule has 2 saturated carbocycles. The Morgan fingerprint density at radius 1 is 1.10 bits per heavy atom. The highest BCUT2D eigenvalue weighted by Crippen LogP contribution is 2.70. The van der Waals surface area contributed by atoms with Crippen molar-refractivity contribution >= 4 is 17.9 Å². The quantitative estimate of drug-likeness (QED) is 0.308. The van der Waals surface area contributed by atoms with E-state index in [0.29, 0.717) is 18.6 Å². The maximum atomic E-state index is 12.9. The third kappa shape index (κ3) is 4.40. The van der Waals surface area contributed by atoms with Gasteiger partial charge in [0.15, 0.2) is 6.29 Å². The first-order chi connectivity index (χ1) is 19.5. The Balaban J connectivity index is 1.33. The molecule has 0 amide bonds. The van der Waals surface area contributed by atoms with Gasteiger partial charge in [0.1, 0.15) is 24.4 Å². The Bertz CT molecular complexity index is 1180. The lowest BCUT2D eigenvalue weighted by atomic mass is 9.42. The van der Waals surface area contributed by atoms with E-state index in [1.165, 1.54) is 13.8 Å². The molecule has 3 aliphatic heterocycles. The molecule has 1 spiro atoms. The Labute approximate surface area is 239 Å². The predicted octanol–water partition coefficient (Wildman–Crippen LogP) is 3.04. The summed E-state index contributed by atoms with van der Waals surface area (Å²) in [4.78, 5) is 37.3. The number of aliphatic hydroxyl groups is 1. The van der Waals surface area contributed by atoms with Crippen molar-refractivity contribution in [2.75, 3.05) is 19.8 Å². The van der Waals surface area contributed by atoms with Crippen molar-refractivity contribution in [1.82, 2.24) is 0 Å². The SMILES string of the molecule is CC(=O)OCC12C(OC(C)=O)CC(C)C(C)(C3OC4OCC(OC(=O)c5ccccc5)C4C3O)C1CCCC21CO1. The number of esters is 3. The van der Waals surface area contributed by atoms with E-state index >= 15 is 0 Å². The summed E-state index contributed by atoms with van der Waals surface area (Å²) < 4.78 is 36.2. The zero-order chi connectivity index (χ0) is 29.2. The van der Waals surface area contributed by atoms with Gasteiger partial charge >= 0.3 is 17.9 Å². The summed E-state index contributed by atoms with van der Waals surface area (Å²) >= 11 is 0. The van der Waals surface area contributed by atoms with Crippen LogP contribution in [-0.4, -0.2) is 79.1 Å². The number of carbonyl (C=O) groups is 3. The predicted molar refractivity (Wildman–Crippen MR) is 142 cm³/mol. The van der Waals surface area contributed by atoms with Gasteiger partial charge in [-0.15, -0.1) is 0 Å². The third-order valence-corrected chi connectivity index (χ3v) is 10.8. The molecule has 0 aromatic heterocycles. The molecule has 10 nitrogen and oxygen atoms in total. The number of benzene rings is 1. The van der Waals surface area contributed by atoms with Gasteiger partial charge in [0.2, 0.25) is 0 Å². The molecule has 1 N–H and O–H groups in total. The Hall–Kier alpha value is -2.53. The summed E-state index contributed by atoms with van der Waals surface area (Å²) in [5.41, 5.74) is -1.59. The number of epoxide rings is 1. The largest absolute Gasteiger partial charge is 0.465 e. The molecule has 11 unspecified atom stereocenters. The van der Waals surface area contributed by atoms with Crippen LogP contribution in [0.5, 0.6) is 0 Å². The average Bonchev–Trinajstić information content (AvgIpc) is 3.48. The Morgan fingerprint density at radius 3 is 2.49 bits per heavy atom. The second-order valence-electron chi connectivity index (χ2n) is 12.8. The van der Waals surface area contributed by atoms with Gasteiger partial charge in [0.25, 0.3) is 0 Å². The molecule has 1 aromatic rings. The first kappa shape index (κ1) is 28.6. The van der Waals surface area contributed by atoms with Crippen LogP contribution in [0.25, 0.3) is 0 Å². The van der Waals surface area contributed by atoms with Crippen molar-refractivity contribution in [3.05, 3.63) is 35.9 Å². The monoisotopic (exact) mass is 572 g/mol. The third-order valence-electron chi connectivity index (χ3n) is 10.8. The van der Waals surface area contributed by atoms with Crippen LogP contribution in [0.15, 0.2) is 30.3 Å². The zero-order valence-electron chi connectivity index (χ0n) is 24.1. The van der Waals surface area contributed by atoms with Crippen LogP contribution in [0, 0.1) is 28.6 Å². The standard InChI is InChI=1S/C31H40O10/c1-17-13-23(39-19(3)33)31(16-37-18(2)32)22(11-8-12-30(31)15-38-30)29(17,4)26-25(34)24-21(14-36-28(24)41-26)40-27(35)20-9-6-5-7-10-20/h5-7,9-10,17,21-26,28,34H,8,11-16H2,1-4H3. The van der Waals surface area contributed by atoms with Gasteiger partial charge in [-0.25, -0.2) is 4.79 Å². The van der Waals surface area contributed by atoms with Crippen LogP contribution in [0.3, 0.4) is 0 Å². The first-order valence-electron chi connectivity index (χ1n) is 14.7. The summed E-state index contributed by atoms with van der Waals surface area (Å²) in [5, 5.41) is 11.9. The van der Waals surface area contributed by atoms with Crippen LogP contribution in [0.4, 0.5) is 0 Å². The van der Waals surface area contributed by atoms with Crippen LogP contribution >= 0.6 is 0 Å². The van der Waals surface area contributed by atoms with E-state index in [9.17, 15) is 19.5 Å². The molecule has 5 fully saturated rings. The normalized spacial score (nSPS) is 44.5. The molecule has 11 atom stereocenters. The van der Waals surface area contributed by atoms with Gasteiger partial charge in [-0.1, -0.05) is 38.5 Å². The average molecular weight is 573 g/mol. The molecule has 0 radical (unpaired) electrons. The second kappa shape index (κ2) is 10.3. The van der Waals surface area contributed by atoms with Gasteiger partial charge in [-0.2, -0.15) is 0 Å². The number of hydrogen-bond donors (Lipinski definition) is 1. The summed E-state index contributed by atoms with van der Waals surface area (Å²) in [5.74, 6) is -2.04. The fraction of sp³-hybridized carbons (Fsp3) is 0.710. The molecular weight excluding hydrogens is 532 g/mol. The Morgan fingerprint density at radius 2 is 1.83 bits per heavy atom. The van der Waals surface area contributed by atoms with Crippen molar-refractivity contribution in [1.29, 1.82) is 0 Å². The number of rotatable bonds is 6. The summed E-state index contributed by atoms with van der Waals surface area (Å²) in [7, 11) is 0. The number of fused-ring (bicyclic) bond motifs is 3. The van der Waals surface area contributed by atoms with Crippen LogP contribution in [-0.2, 0) is 38.0 Å². The maximum Gasteiger partial charge on any atom is 0.338 e. The van der Waals surface area contributed by atoms with E-state index in [1.807, 2.05) is 6.07 Å². The molecule has 0 bridgehead atoms. The molecule has 3 heterocycles. The minimum atomic E-state index is -0.974. The van der Waals surface area contributed by atoms with E-state index < -0.39 is 71.0 Å². The number of hydrogen-bond acceptors (Lipinski definition) is 10. The molecule has 1 aromatic carbocycles. The van der Waals surface area contributed by atoms with Gasteiger partial charge in [0, 0.05) is 19.3 Å². The minimum absolute atomic E-state index is 0.0417. The van der Waals surface area contributed by atoms with Crippen LogP contribution in [0.2, 0.25) is 0 Å². The van der Waals surface area contributed by atoms with Gasteiger partial charge < -0.3 is 33.5 Å². The van der Waals surface area contributed by atoms with Crippen molar-refractivity contribution in [3.63, 3.8) is 0 Å². The van der Waals surface area contributed by atoms with E-state index in [4.69, 9.17) is 28.4 Å². The molecule has 10 heteroatoms. The molecule has 3 saturated heterocycles. The summed E-state index contributed by atoms with van der Waals surface area (Å²) in [6, 6.07) is 8.74. The fourth-order valence-electron chi connectivity index (χ4n) is 8.72. The number of aliphatic hydroxyl groups excluding tert-OH is 1. The smallest absolute Gasteiger partial charge is 0.338 e. The van der Waals surface area contributed by atoms with E-state index in [1.54, 1.807) is 24.3 Å². The van der Waals surface area contributed by atoms with E-state index in [-0.39, 0.29) is 25.0 Å². The van der Waals surface area contributed by atoms with E-state index in [2.05, 4.69) is 13.8 Å². The number of carbonyl (C=O) groups excluding carboxylic acids is 3. The van der Waals surface area contributed by atoms with Gasteiger partial charge in [-0.05, 0) is 43.2 Å². The van der Waals surface area contributed by atoms with Crippen LogP contribution < -0.4 is 0 Å². The lowest BCUT2D eigenvalue weighted by molar-refractivity contribution is -0.261. The van der Waals surface area contributed by atoms with Gasteiger partial charge in [-0.3, -0.25) is 9.59 Å². The first-order valence-corrected chi connectivity index (χ1v) is 14.7. The maximum absolute atomic E-state index is 12.9. The lowest BCUT2D eigenvalue weighted by Crippen LogP contribution is -2.70. The van der Waals surface area contributed by atoms with Crippen molar-refractivity contribution < 1.29 is 47.9 Å². The zero-order valence-corrected chi connectivity index (χ0v) is 24.1. The molecular formula is C31H40O10. The molecule has 6 rings (SSSR count). The van der Waals surface area contributed by atoms with Gasteiger partial charge in [0.05, 0.1) is 42.3 Å². The van der Waals surface area contributed by atoms with E-state index in [0.717, 1.165) is 19.3 Å². The van der Waals surface area contributed by atoms with Crippen LogP contribution in [0.1, 0.15) is 63.7 Å². The summed E-state index contributed by atoms with van der Waals surface area (Å²) in [6.07, 6.45) is -0.635. The highest BCUT2D eigenvalue weighted by atomic mass is 16.7. The highest BCUT2D eigenvalue weighted by molar-refractivity contribution is 5.89. The fourth-order valence-corrected chi connectivity index (χ4v) is 8.72. The van der Waals surface area contributed by atoms with Crippen molar-refractivity contribution in [3.8, 4) is 0 Å². The van der Waals surface area contributed by atoms with Crippen molar-refractivity contribution in [2.45, 2.75) is 89.7 Å². The topological polar surface area (TPSA) is 130 Å². The second-order valence-corrected chi connectivity index (χ2v) is 12.8. The summed E-state index contributed by atoms with van der Waals surface area (Å²) in [6.45, 7) is 7.67. The molecule has 224 valence electrons. The van der Waals surface area contributed by atoms with Crippen molar-refractivity contribution in [2.24, 2.45) is 28.6 Å². The molecule has 2 aliphatic carbocycles. The number of ether oxygens (including phenoxy) is 6. The molecule has 5 aliphatic rings. The lowest BCUT2D eigenvalue weighted by Gasteiger charge is -2.64. The highest BCUT2D eigenvalue weighted by Gasteiger charge is 2.77. The Kier molecular flexibility index (Phi) is 7.20.